The minimum absolute atomic E-state index is 0.0761. The second kappa shape index (κ2) is 5.02. The molecule has 0 N–H and O–H groups in total. The fourth-order valence-electron chi connectivity index (χ4n) is 2.06. The van der Waals surface area contributed by atoms with Crippen LogP contribution in [-0.2, 0) is 11.3 Å². The van der Waals surface area contributed by atoms with Crippen LogP contribution in [0.3, 0.4) is 0 Å². The zero-order chi connectivity index (χ0) is 13.2. The molecule has 0 saturated carbocycles. The minimum Gasteiger partial charge on any atom is -0.465 e. The number of carbonyl (C=O) groups excluding carboxylic acids is 1. The van der Waals surface area contributed by atoms with Gasteiger partial charge in [-0.05, 0) is 17.7 Å². The number of alkyl halides is 2. The van der Waals surface area contributed by atoms with Crippen molar-refractivity contribution in [3.63, 3.8) is 0 Å². The SMILES string of the molecule is COC(=O)c1ccc(CN2CCC(F)(F)C2)cc1. The molecule has 1 aliphatic heterocycles. The highest BCUT2D eigenvalue weighted by Crippen LogP contribution is 2.27. The molecule has 98 valence electrons. The number of carbonyl (C=O) groups is 1. The third-order valence-electron chi connectivity index (χ3n) is 3.03. The summed E-state index contributed by atoms with van der Waals surface area (Å²) in [4.78, 5) is 12.9. The number of esters is 1. The molecule has 1 saturated heterocycles. The molecule has 0 amide bonds. The predicted molar refractivity (Wildman–Crippen MR) is 62.6 cm³/mol. The first-order valence-corrected chi connectivity index (χ1v) is 5.78. The van der Waals surface area contributed by atoms with E-state index in [9.17, 15) is 13.6 Å². The summed E-state index contributed by atoms with van der Waals surface area (Å²) in [5, 5.41) is 0. The van der Waals surface area contributed by atoms with Crippen LogP contribution in [0.4, 0.5) is 8.78 Å². The maximum absolute atomic E-state index is 13.0. The van der Waals surface area contributed by atoms with Crippen LogP contribution in [0, 0.1) is 0 Å². The lowest BCUT2D eigenvalue weighted by atomic mass is 10.1. The molecule has 0 bridgehead atoms. The van der Waals surface area contributed by atoms with Crippen LogP contribution in [0.25, 0.3) is 0 Å². The quantitative estimate of drug-likeness (QED) is 0.776. The smallest absolute Gasteiger partial charge is 0.337 e. The monoisotopic (exact) mass is 255 g/mol. The van der Waals surface area contributed by atoms with Gasteiger partial charge in [-0.1, -0.05) is 12.1 Å². The van der Waals surface area contributed by atoms with E-state index in [2.05, 4.69) is 4.74 Å². The Bertz CT molecular complexity index is 431. The van der Waals surface area contributed by atoms with Gasteiger partial charge in [0.15, 0.2) is 0 Å². The molecule has 1 heterocycles. The number of nitrogens with zero attached hydrogens (tertiary/aromatic N) is 1. The fourth-order valence-corrected chi connectivity index (χ4v) is 2.06. The Morgan fingerprint density at radius 1 is 1.39 bits per heavy atom. The van der Waals surface area contributed by atoms with Crippen molar-refractivity contribution < 1.29 is 18.3 Å². The molecular weight excluding hydrogens is 240 g/mol. The number of hydrogen-bond donors (Lipinski definition) is 0. The number of likely N-dealkylation sites (tertiary alicyclic amines) is 1. The highest BCUT2D eigenvalue weighted by atomic mass is 19.3. The first-order valence-electron chi connectivity index (χ1n) is 5.78. The summed E-state index contributed by atoms with van der Waals surface area (Å²) in [6.07, 6.45) is -0.0761. The predicted octanol–water partition coefficient (Wildman–Crippen LogP) is 2.31. The summed E-state index contributed by atoms with van der Waals surface area (Å²) >= 11 is 0. The van der Waals surface area contributed by atoms with E-state index in [-0.39, 0.29) is 13.0 Å². The van der Waals surface area contributed by atoms with E-state index in [1.807, 2.05) is 0 Å². The second-order valence-corrected chi connectivity index (χ2v) is 4.51. The van der Waals surface area contributed by atoms with Gasteiger partial charge in [0.2, 0.25) is 0 Å². The van der Waals surface area contributed by atoms with Gasteiger partial charge in [-0.2, -0.15) is 0 Å². The van der Waals surface area contributed by atoms with Crippen molar-refractivity contribution in [1.29, 1.82) is 0 Å². The third kappa shape index (κ3) is 3.04. The van der Waals surface area contributed by atoms with E-state index < -0.39 is 11.9 Å². The molecule has 1 aromatic rings. The van der Waals surface area contributed by atoms with Crippen LogP contribution < -0.4 is 0 Å². The highest BCUT2D eigenvalue weighted by Gasteiger charge is 2.37. The van der Waals surface area contributed by atoms with E-state index in [0.29, 0.717) is 18.7 Å². The minimum atomic E-state index is -2.56. The number of benzene rings is 1. The lowest BCUT2D eigenvalue weighted by Gasteiger charge is -2.15. The van der Waals surface area contributed by atoms with E-state index >= 15 is 0 Å². The molecule has 0 atom stereocenters. The topological polar surface area (TPSA) is 29.5 Å². The summed E-state index contributed by atoms with van der Waals surface area (Å²) in [5.41, 5.74) is 1.38. The Morgan fingerprint density at radius 3 is 2.56 bits per heavy atom. The molecule has 0 aliphatic carbocycles. The average Bonchev–Trinajstić information content (AvgIpc) is 2.68. The Kier molecular flexibility index (Phi) is 3.61. The molecule has 0 unspecified atom stereocenters. The molecule has 18 heavy (non-hydrogen) atoms. The lowest BCUT2D eigenvalue weighted by molar-refractivity contribution is 0.0115. The Morgan fingerprint density at radius 2 is 2.06 bits per heavy atom. The number of halogens is 2. The Labute approximate surface area is 104 Å². The van der Waals surface area contributed by atoms with Gasteiger partial charge in [0.25, 0.3) is 5.92 Å². The molecule has 0 spiro atoms. The molecule has 2 rings (SSSR count). The standard InChI is InChI=1S/C13H15F2NO2/c1-18-12(17)11-4-2-10(3-5-11)8-16-7-6-13(14,15)9-16/h2-5H,6-9H2,1H3. The Balaban J connectivity index is 1.97. The van der Waals surface area contributed by atoms with Crippen molar-refractivity contribution in [2.24, 2.45) is 0 Å². The summed E-state index contributed by atoms with van der Waals surface area (Å²) in [5.74, 6) is -2.96. The molecule has 1 fully saturated rings. The fraction of sp³-hybridized carbons (Fsp3) is 0.462. The third-order valence-corrected chi connectivity index (χ3v) is 3.03. The van der Waals surface area contributed by atoms with Crippen LogP contribution in [0.15, 0.2) is 24.3 Å². The van der Waals surface area contributed by atoms with E-state index in [1.54, 1.807) is 29.2 Å². The summed E-state index contributed by atoms with van der Waals surface area (Å²) in [6.45, 7) is 0.703. The van der Waals surface area contributed by atoms with Gasteiger partial charge >= 0.3 is 5.97 Å². The lowest BCUT2D eigenvalue weighted by Crippen LogP contribution is -2.24. The van der Waals surface area contributed by atoms with E-state index in [4.69, 9.17) is 0 Å². The van der Waals surface area contributed by atoms with Crippen molar-refractivity contribution in [2.75, 3.05) is 20.2 Å². The largest absolute Gasteiger partial charge is 0.465 e. The summed E-state index contributed by atoms with van der Waals surface area (Å²) < 4.78 is 30.6. The zero-order valence-electron chi connectivity index (χ0n) is 10.2. The van der Waals surface area contributed by atoms with Crippen molar-refractivity contribution in [3.05, 3.63) is 35.4 Å². The molecule has 3 nitrogen and oxygen atoms in total. The van der Waals surface area contributed by atoms with Gasteiger partial charge in [0, 0.05) is 19.5 Å². The van der Waals surface area contributed by atoms with Gasteiger partial charge in [-0.3, -0.25) is 4.90 Å². The van der Waals surface area contributed by atoms with Crippen LogP contribution in [0.2, 0.25) is 0 Å². The second-order valence-electron chi connectivity index (χ2n) is 4.51. The van der Waals surface area contributed by atoms with Crippen molar-refractivity contribution in [3.8, 4) is 0 Å². The van der Waals surface area contributed by atoms with Crippen molar-refractivity contribution >= 4 is 5.97 Å². The van der Waals surface area contributed by atoms with Crippen molar-refractivity contribution in [2.45, 2.75) is 18.9 Å². The molecule has 0 radical (unpaired) electrons. The normalized spacial score (nSPS) is 18.8. The van der Waals surface area contributed by atoms with E-state index in [0.717, 1.165) is 5.56 Å². The number of hydrogen-bond acceptors (Lipinski definition) is 3. The van der Waals surface area contributed by atoms with Gasteiger partial charge in [-0.15, -0.1) is 0 Å². The molecular formula is C13H15F2NO2. The Hall–Kier alpha value is -1.49. The average molecular weight is 255 g/mol. The van der Waals surface area contributed by atoms with Gasteiger partial charge < -0.3 is 4.74 Å². The zero-order valence-corrected chi connectivity index (χ0v) is 10.2. The van der Waals surface area contributed by atoms with Gasteiger partial charge in [0.05, 0.1) is 19.2 Å². The summed E-state index contributed by atoms with van der Waals surface area (Å²) in [7, 11) is 1.32. The molecule has 1 aliphatic rings. The van der Waals surface area contributed by atoms with Gasteiger partial charge in [0.1, 0.15) is 0 Å². The molecule has 1 aromatic carbocycles. The van der Waals surface area contributed by atoms with Gasteiger partial charge in [-0.25, -0.2) is 13.6 Å². The molecule has 0 aromatic heterocycles. The molecule has 5 heteroatoms. The number of ether oxygens (including phenoxy) is 1. The van der Waals surface area contributed by atoms with Crippen molar-refractivity contribution in [1.82, 2.24) is 4.90 Å². The first-order chi connectivity index (χ1) is 8.50. The van der Waals surface area contributed by atoms with Crippen LogP contribution in [-0.4, -0.2) is 37.0 Å². The highest BCUT2D eigenvalue weighted by molar-refractivity contribution is 5.89. The van der Waals surface area contributed by atoms with Crippen LogP contribution in [0.5, 0.6) is 0 Å². The summed E-state index contributed by atoms with van der Waals surface area (Å²) in [6, 6.07) is 6.83. The maximum Gasteiger partial charge on any atom is 0.337 e. The number of methoxy groups -OCH3 is 1. The number of rotatable bonds is 3. The van der Waals surface area contributed by atoms with Crippen LogP contribution >= 0.6 is 0 Å². The van der Waals surface area contributed by atoms with E-state index in [1.165, 1.54) is 7.11 Å². The first kappa shape index (κ1) is 13.0. The van der Waals surface area contributed by atoms with Crippen LogP contribution in [0.1, 0.15) is 22.3 Å². The maximum atomic E-state index is 13.0.